The summed E-state index contributed by atoms with van der Waals surface area (Å²) in [4.78, 5) is 46.5. The molecule has 0 saturated carbocycles. The lowest BCUT2D eigenvalue weighted by atomic mass is 9.68. The van der Waals surface area contributed by atoms with Crippen molar-refractivity contribution in [3.05, 3.63) is 71.8 Å². The molecule has 0 N–H and O–H groups in total. The zero-order chi connectivity index (χ0) is 27.8. The van der Waals surface area contributed by atoms with Gasteiger partial charge in [0.15, 0.2) is 0 Å². The molecule has 0 bridgehead atoms. The van der Waals surface area contributed by atoms with Gasteiger partial charge in [0.25, 0.3) is 0 Å². The Labute approximate surface area is 232 Å². The van der Waals surface area contributed by atoms with Crippen molar-refractivity contribution in [2.75, 3.05) is 32.7 Å². The average molecular weight is 532 g/mol. The Balaban J connectivity index is 1.35. The van der Waals surface area contributed by atoms with Crippen molar-refractivity contribution in [2.24, 2.45) is 5.92 Å². The molecule has 3 heterocycles. The van der Waals surface area contributed by atoms with Gasteiger partial charge in [0.2, 0.25) is 11.8 Å². The minimum atomic E-state index is -0.806. The summed E-state index contributed by atoms with van der Waals surface area (Å²) in [6.45, 7) is 10.00. The Hall–Kier alpha value is -3.35. The molecule has 3 fully saturated rings. The number of likely N-dealkylation sites (tertiary alicyclic amines) is 3. The van der Waals surface area contributed by atoms with Crippen molar-refractivity contribution in [3.63, 3.8) is 0 Å². The molecule has 0 spiro atoms. The number of carbonyl (C=O) groups excluding carboxylic acids is 3. The zero-order valence-electron chi connectivity index (χ0n) is 23.7. The quantitative estimate of drug-likeness (QED) is 0.566. The number of fused-ring (bicyclic) bond motifs is 1. The predicted octanol–water partition coefficient (Wildman–Crippen LogP) is 4.84. The third kappa shape index (κ3) is 5.04. The summed E-state index contributed by atoms with van der Waals surface area (Å²) in [5.41, 5.74) is 0.0734. The molecule has 3 amide bonds. The van der Waals surface area contributed by atoms with Gasteiger partial charge in [-0.25, -0.2) is 4.79 Å². The molecule has 0 aromatic heterocycles. The molecule has 3 aliphatic heterocycles. The van der Waals surface area contributed by atoms with Crippen molar-refractivity contribution >= 4 is 17.9 Å². The first-order chi connectivity index (χ1) is 18.5. The summed E-state index contributed by atoms with van der Waals surface area (Å²) in [7, 11) is 0. The van der Waals surface area contributed by atoms with Gasteiger partial charge >= 0.3 is 6.09 Å². The van der Waals surface area contributed by atoms with Gasteiger partial charge in [-0.15, -0.1) is 0 Å². The van der Waals surface area contributed by atoms with E-state index < -0.39 is 16.6 Å². The Morgan fingerprint density at radius 3 is 2.15 bits per heavy atom. The number of benzene rings is 2. The SMILES string of the molecule is CC(C)(C)OC(=O)N1CCC[C@H]2CN(C(=O)CN3CCCC(c4ccccc4)(c4ccccc4)C3=O)C[C@]21C. The van der Waals surface area contributed by atoms with E-state index in [4.69, 9.17) is 4.74 Å². The second-order valence-electron chi connectivity index (χ2n) is 12.6. The number of rotatable bonds is 4. The molecular formula is C32H41N3O4. The predicted molar refractivity (Wildman–Crippen MR) is 150 cm³/mol. The summed E-state index contributed by atoms with van der Waals surface area (Å²) in [5, 5.41) is 0. The number of amides is 3. The molecular weight excluding hydrogens is 490 g/mol. The van der Waals surface area contributed by atoms with E-state index in [0.29, 0.717) is 32.6 Å². The average Bonchev–Trinajstić information content (AvgIpc) is 3.27. The number of hydrogen-bond acceptors (Lipinski definition) is 4. The second kappa shape index (κ2) is 10.3. The third-order valence-corrected chi connectivity index (χ3v) is 8.84. The van der Waals surface area contributed by atoms with Crippen LogP contribution in [0, 0.1) is 5.92 Å². The highest BCUT2D eigenvalue weighted by Crippen LogP contribution is 2.43. The highest BCUT2D eigenvalue weighted by atomic mass is 16.6. The van der Waals surface area contributed by atoms with Crippen molar-refractivity contribution in [1.29, 1.82) is 0 Å². The van der Waals surface area contributed by atoms with Gasteiger partial charge in [0.1, 0.15) is 5.60 Å². The molecule has 5 rings (SSSR count). The van der Waals surface area contributed by atoms with E-state index in [1.807, 2.05) is 91.2 Å². The van der Waals surface area contributed by atoms with Crippen LogP contribution in [-0.4, -0.2) is 76.5 Å². The van der Waals surface area contributed by atoms with Gasteiger partial charge < -0.3 is 19.4 Å². The maximum absolute atomic E-state index is 14.3. The number of ether oxygens (including phenoxy) is 1. The summed E-state index contributed by atoms with van der Waals surface area (Å²) >= 11 is 0. The number of nitrogens with zero attached hydrogens (tertiary/aromatic N) is 3. The van der Waals surface area contributed by atoms with Crippen LogP contribution in [0.25, 0.3) is 0 Å². The van der Waals surface area contributed by atoms with E-state index in [1.54, 1.807) is 4.90 Å². The highest BCUT2D eigenvalue weighted by molar-refractivity contribution is 5.95. The monoisotopic (exact) mass is 531 g/mol. The molecule has 7 heteroatoms. The summed E-state index contributed by atoms with van der Waals surface area (Å²) in [6, 6.07) is 19.9. The molecule has 0 radical (unpaired) electrons. The number of piperidine rings is 2. The van der Waals surface area contributed by atoms with E-state index in [0.717, 1.165) is 30.4 Å². The fourth-order valence-electron chi connectivity index (χ4n) is 6.88. The van der Waals surface area contributed by atoms with Crippen LogP contribution < -0.4 is 0 Å². The maximum Gasteiger partial charge on any atom is 0.410 e. The van der Waals surface area contributed by atoms with Gasteiger partial charge in [-0.1, -0.05) is 60.7 Å². The Morgan fingerprint density at radius 1 is 0.949 bits per heavy atom. The largest absolute Gasteiger partial charge is 0.444 e. The van der Waals surface area contributed by atoms with Crippen molar-refractivity contribution in [1.82, 2.24) is 14.7 Å². The van der Waals surface area contributed by atoms with Crippen LogP contribution in [0.4, 0.5) is 4.79 Å². The molecule has 2 aromatic rings. The van der Waals surface area contributed by atoms with Crippen molar-refractivity contribution in [3.8, 4) is 0 Å². The summed E-state index contributed by atoms with van der Waals surface area (Å²) in [5.74, 6) is 0.116. The van der Waals surface area contributed by atoms with E-state index >= 15 is 0 Å². The lowest BCUT2D eigenvalue weighted by molar-refractivity contribution is -0.145. The van der Waals surface area contributed by atoms with E-state index in [-0.39, 0.29) is 30.4 Å². The zero-order valence-corrected chi connectivity index (χ0v) is 23.7. The van der Waals surface area contributed by atoms with E-state index in [9.17, 15) is 14.4 Å². The molecule has 208 valence electrons. The molecule has 0 unspecified atom stereocenters. The number of hydrogen-bond donors (Lipinski definition) is 0. The van der Waals surface area contributed by atoms with Gasteiger partial charge in [-0.05, 0) is 64.5 Å². The first-order valence-electron chi connectivity index (χ1n) is 14.2. The molecule has 39 heavy (non-hydrogen) atoms. The first-order valence-corrected chi connectivity index (χ1v) is 14.2. The molecule has 0 aliphatic carbocycles. The van der Waals surface area contributed by atoms with Crippen LogP contribution in [-0.2, 0) is 19.7 Å². The van der Waals surface area contributed by atoms with Crippen molar-refractivity contribution in [2.45, 2.75) is 69.9 Å². The standard InChI is InChI=1S/C32H41N3O4/c1-30(2,3)39-29(38)35-20-11-17-26-21-34(23-31(26,35)4)27(36)22-33-19-12-18-32(28(33)37,24-13-7-5-8-14-24)25-15-9-6-10-16-25/h5-10,13-16,26H,11-12,17-23H2,1-4H3/t26-,31+/m0/s1. The topological polar surface area (TPSA) is 70.2 Å². The van der Waals surface area contributed by atoms with Gasteiger partial charge in [-0.3, -0.25) is 9.59 Å². The molecule has 2 atom stereocenters. The van der Waals surface area contributed by atoms with E-state index in [2.05, 4.69) is 6.92 Å². The molecule has 7 nitrogen and oxygen atoms in total. The smallest absolute Gasteiger partial charge is 0.410 e. The highest BCUT2D eigenvalue weighted by Gasteiger charge is 2.53. The van der Waals surface area contributed by atoms with Crippen LogP contribution >= 0.6 is 0 Å². The lowest BCUT2D eigenvalue weighted by Gasteiger charge is -2.45. The van der Waals surface area contributed by atoms with Gasteiger partial charge in [-0.2, -0.15) is 0 Å². The van der Waals surface area contributed by atoms with Crippen LogP contribution in [0.15, 0.2) is 60.7 Å². The van der Waals surface area contributed by atoms with Crippen LogP contribution in [0.1, 0.15) is 64.5 Å². The minimum Gasteiger partial charge on any atom is -0.444 e. The molecule has 3 saturated heterocycles. The third-order valence-electron chi connectivity index (χ3n) is 8.84. The van der Waals surface area contributed by atoms with Gasteiger partial charge in [0, 0.05) is 32.1 Å². The fraction of sp³-hybridized carbons (Fsp3) is 0.531. The van der Waals surface area contributed by atoms with Crippen LogP contribution in [0.2, 0.25) is 0 Å². The van der Waals surface area contributed by atoms with Crippen molar-refractivity contribution < 1.29 is 19.1 Å². The van der Waals surface area contributed by atoms with Crippen LogP contribution in [0.5, 0.6) is 0 Å². The molecule has 2 aromatic carbocycles. The maximum atomic E-state index is 14.3. The van der Waals surface area contributed by atoms with Gasteiger partial charge in [0.05, 0.1) is 17.5 Å². The van der Waals surface area contributed by atoms with Crippen LogP contribution in [0.3, 0.4) is 0 Å². The molecule has 3 aliphatic rings. The Morgan fingerprint density at radius 2 is 1.56 bits per heavy atom. The lowest BCUT2D eigenvalue weighted by Crippen LogP contribution is -2.59. The second-order valence-corrected chi connectivity index (χ2v) is 12.6. The normalized spacial score (nSPS) is 24.9. The first kappa shape index (κ1) is 27.2. The Bertz CT molecular complexity index is 1170. The minimum absolute atomic E-state index is 0.0160. The summed E-state index contributed by atoms with van der Waals surface area (Å²) in [6.07, 6.45) is 3.07. The summed E-state index contributed by atoms with van der Waals surface area (Å²) < 4.78 is 5.72. The number of carbonyl (C=O) groups is 3. The van der Waals surface area contributed by atoms with E-state index in [1.165, 1.54) is 0 Å². The fourth-order valence-corrected chi connectivity index (χ4v) is 6.88. The Kier molecular flexibility index (Phi) is 7.21.